The molecular formula is C7Cl2F12I2O. The topological polar surface area (TPSA) is 9.23 Å². The first kappa shape index (κ1) is 25.2. The van der Waals surface area contributed by atoms with Gasteiger partial charge in [0, 0.05) is 45.2 Å². The fourth-order valence-corrected chi connectivity index (χ4v) is 2.53. The molecule has 0 aromatic carbocycles. The van der Waals surface area contributed by atoms with Gasteiger partial charge in [0.1, 0.15) is 0 Å². The van der Waals surface area contributed by atoms with E-state index in [0.717, 1.165) is 0 Å². The van der Waals surface area contributed by atoms with Crippen molar-refractivity contribution in [2.45, 2.75) is 36.3 Å². The molecule has 0 aromatic rings. The number of halogens is 16. The molecule has 1 atom stereocenters. The fourth-order valence-electron chi connectivity index (χ4n) is 0.815. The lowest BCUT2D eigenvalue weighted by Gasteiger charge is -2.38. The standard InChI is InChI=1S/C7Cl2F12I2O/c8-4(9,16)1(10,11)2(12,13)6(19,20)24-7(21,23)3(14,15)5(17,18)22. The minimum Gasteiger partial charge on any atom is -0.264 e. The lowest BCUT2D eigenvalue weighted by molar-refractivity contribution is -0.445. The second-order valence-corrected chi connectivity index (χ2v) is 7.83. The lowest BCUT2D eigenvalue weighted by Crippen LogP contribution is -2.64. The highest BCUT2D eigenvalue weighted by molar-refractivity contribution is 14.1. The van der Waals surface area contributed by atoms with Crippen molar-refractivity contribution in [1.29, 1.82) is 0 Å². The van der Waals surface area contributed by atoms with Crippen molar-refractivity contribution in [2.75, 3.05) is 0 Å². The third-order valence-electron chi connectivity index (χ3n) is 2.09. The Morgan fingerprint density at radius 1 is 0.583 bits per heavy atom. The largest absolute Gasteiger partial charge is 0.429 e. The van der Waals surface area contributed by atoms with Crippen LogP contribution < -0.4 is 0 Å². The second-order valence-electron chi connectivity index (χ2n) is 3.85. The SMILES string of the molecule is FC(Cl)(Cl)C(F)(F)C(F)(F)C(F)(F)OC(F)(I)C(F)(F)C(F)(F)I. The van der Waals surface area contributed by atoms with Gasteiger partial charge in [-0.15, -0.1) is 0 Å². The summed E-state index contributed by atoms with van der Waals surface area (Å²) in [7, 11) is 0. The lowest BCUT2D eigenvalue weighted by atomic mass is 10.1. The molecule has 0 aliphatic rings. The first-order valence-electron chi connectivity index (χ1n) is 4.68. The minimum absolute atomic E-state index is 0.445. The first-order chi connectivity index (χ1) is 9.96. The molecule has 146 valence electrons. The van der Waals surface area contributed by atoms with Gasteiger partial charge in [-0.25, -0.2) is 4.39 Å². The maximum absolute atomic E-state index is 13.4. The molecule has 0 aliphatic carbocycles. The van der Waals surface area contributed by atoms with Crippen LogP contribution in [0.25, 0.3) is 0 Å². The zero-order valence-electron chi connectivity index (χ0n) is 9.96. The van der Waals surface area contributed by atoms with Crippen LogP contribution in [0.4, 0.5) is 52.7 Å². The Morgan fingerprint density at radius 2 is 0.917 bits per heavy atom. The van der Waals surface area contributed by atoms with Crippen LogP contribution in [0.15, 0.2) is 0 Å². The zero-order valence-corrected chi connectivity index (χ0v) is 15.8. The molecule has 0 saturated heterocycles. The van der Waals surface area contributed by atoms with Gasteiger partial charge >= 0.3 is 36.3 Å². The van der Waals surface area contributed by atoms with Gasteiger partial charge in [0.05, 0.1) is 0 Å². The van der Waals surface area contributed by atoms with Crippen molar-refractivity contribution in [3.63, 3.8) is 0 Å². The summed E-state index contributed by atoms with van der Waals surface area (Å²) in [4.78, 5) is 0. The third kappa shape index (κ3) is 4.18. The molecule has 1 nitrogen and oxygen atoms in total. The van der Waals surface area contributed by atoms with E-state index in [1.54, 1.807) is 0 Å². The maximum Gasteiger partial charge on any atom is 0.429 e. The van der Waals surface area contributed by atoms with Gasteiger partial charge in [0.15, 0.2) is 0 Å². The third-order valence-corrected chi connectivity index (χ3v) is 4.14. The fraction of sp³-hybridized carbons (Fsp3) is 1.00. The molecular weight excluding hydrogens is 653 g/mol. The normalized spacial score (nSPS) is 18.5. The van der Waals surface area contributed by atoms with Crippen LogP contribution in [0.1, 0.15) is 0 Å². The number of hydrogen-bond acceptors (Lipinski definition) is 1. The highest BCUT2D eigenvalue weighted by Crippen LogP contribution is 2.59. The van der Waals surface area contributed by atoms with E-state index < -0.39 is 81.4 Å². The molecule has 0 amide bonds. The quantitative estimate of drug-likeness (QED) is 0.169. The Kier molecular flexibility index (Phi) is 6.97. The molecule has 0 aliphatic heterocycles. The van der Waals surface area contributed by atoms with Crippen molar-refractivity contribution in [3.8, 4) is 0 Å². The smallest absolute Gasteiger partial charge is 0.264 e. The summed E-state index contributed by atoms with van der Waals surface area (Å²) in [5, 5.41) is 0. The van der Waals surface area contributed by atoms with E-state index in [0.29, 0.717) is 0 Å². The molecule has 0 spiro atoms. The monoisotopic (exact) mass is 652 g/mol. The molecule has 0 fully saturated rings. The van der Waals surface area contributed by atoms with Crippen LogP contribution in [0.3, 0.4) is 0 Å². The van der Waals surface area contributed by atoms with Gasteiger partial charge in [-0.3, -0.25) is 4.74 Å². The van der Waals surface area contributed by atoms with Crippen molar-refractivity contribution in [3.05, 3.63) is 0 Å². The summed E-state index contributed by atoms with van der Waals surface area (Å²) in [6.45, 7) is 0. The molecule has 17 heteroatoms. The summed E-state index contributed by atoms with van der Waals surface area (Å²) in [6.07, 6.45) is -6.95. The van der Waals surface area contributed by atoms with E-state index in [-0.39, 0.29) is 0 Å². The second kappa shape index (κ2) is 6.65. The number of alkyl halides is 16. The van der Waals surface area contributed by atoms with Gasteiger partial charge in [-0.2, -0.15) is 48.3 Å². The van der Waals surface area contributed by atoms with Crippen LogP contribution >= 0.6 is 68.4 Å². The highest BCUT2D eigenvalue weighted by atomic mass is 127. The average Bonchev–Trinajstić information content (AvgIpc) is 2.23. The van der Waals surface area contributed by atoms with E-state index in [1.807, 2.05) is 0 Å². The summed E-state index contributed by atoms with van der Waals surface area (Å²) in [6, 6.07) is 0. The van der Waals surface area contributed by atoms with E-state index in [4.69, 9.17) is 0 Å². The molecule has 0 aromatic heterocycles. The summed E-state index contributed by atoms with van der Waals surface area (Å²) in [5.74, 6) is -20.0. The van der Waals surface area contributed by atoms with Crippen molar-refractivity contribution < 1.29 is 57.4 Å². The van der Waals surface area contributed by atoms with E-state index in [1.165, 1.54) is 0 Å². The van der Waals surface area contributed by atoms with Gasteiger partial charge < -0.3 is 0 Å². The molecule has 0 bridgehead atoms. The maximum atomic E-state index is 13.4. The predicted molar refractivity (Wildman–Crippen MR) is 73.2 cm³/mol. The molecule has 24 heavy (non-hydrogen) atoms. The Balaban J connectivity index is 5.95. The summed E-state index contributed by atoms with van der Waals surface area (Å²) in [5.41, 5.74) is 0. The van der Waals surface area contributed by atoms with Crippen molar-refractivity contribution in [2.24, 2.45) is 0 Å². The van der Waals surface area contributed by atoms with Crippen LogP contribution in [0.2, 0.25) is 0 Å². The van der Waals surface area contributed by atoms with E-state index in [2.05, 4.69) is 27.9 Å². The first-order valence-corrected chi connectivity index (χ1v) is 7.60. The number of rotatable bonds is 7. The molecule has 0 N–H and O–H groups in total. The Labute approximate surface area is 161 Å². The van der Waals surface area contributed by atoms with E-state index >= 15 is 0 Å². The van der Waals surface area contributed by atoms with Crippen molar-refractivity contribution in [1.82, 2.24) is 0 Å². The summed E-state index contributed by atoms with van der Waals surface area (Å²) < 4.78 is 141. The van der Waals surface area contributed by atoms with Gasteiger partial charge in [0.2, 0.25) is 0 Å². The van der Waals surface area contributed by atoms with Crippen LogP contribution in [-0.2, 0) is 4.74 Å². The van der Waals surface area contributed by atoms with E-state index in [9.17, 15) is 52.7 Å². The Bertz CT molecular complexity index is 471. The molecule has 0 rings (SSSR count). The van der Waals surface area contributed by atoms with Gasteiger partial charge in [0.25, 0.3) is 0 Å². The molecule has 0 radical (unpaired) electrons. The van der Waals surface area contributed by atoms with Gasteiger partial charge in [-0.05, 0) is 0 Å². The summed E-state index contributed by atoms with van der Waals surface area (Å²) >= 11 is 6.90. The van der Waals surface area contributed by atoms with Crippen LogP contribution in [0.5, 0.6) is 0 Å². The zero-order chi connectivity index (χ0) is 20.2. The molecule has 0 saturated carbocycles. The molecule has 1 unspecified atom stereocenters. The Hall–Kier alpha value is 1.16. The van der Waals surface area contributed by atoms with Crippen LogP contribution in [-0.4, -0.2) is 36.3 Å². The van der Waals surface area contributed by atoms with Crippen molar-refractivity contribution >= 4 is 68.4 Å². The Morgan fingerprint density at radius 3 is 1.17 bits per heavy atom. The number of hydrogen-bond donors (Lipinski definition) is 0. The highest BCUT2D eigenvalue weighted by Gasteiger charge is 2.83. The van der Waals surface area contributed by atoms with Crippen LogP contribution in [0, 0.1) is 0 Å². The van der Waals surface area contributed by atoms with Gasteiger partial charge in [-0.1, -0.05) is 23.2 Å². The predicted octanol–water partition coefficient (Wildman–Crippen LogP) is 6.69. The number of ether oxygens (including phenoxy) is 1. The minimum atomic E-state index is -7.13. The molecule has 0 heterocycles. The average molecular weight is 653 g/mol.